The zero-order valence-corrected chi connectivity index (χ0v) is 14.0. The molecule has 1 aromatic rings. The highest BCUT2D eigenvalue weighted by Gasteiger charge is 2.08. The number of hydrogen-bond donors (Lipinski definition) is 0. The van der Waals surface area contributed by atoms with Crippen LogP contribution in [0.15, 0.2) is 28.0 Å². The first kappa shape index (κ1) is 17.0. The fourth-order valence-electron chi connectivity index (χ4n) is 1.89. The van der Waals surface area contributed by atoms with Gasteiger partial charge in [-0.05, 0) is 54.9 Å². The van der Waals surface area contributed by atoms with Crippen molar-refractivity contribution in [3.05, 3.63) is 30.7 Å². The van der Waals surface area contributed by atoms with E-state index in [9.17, 15) is 0 Å². The van der Waals surface area contributed by atoms with Crippen molar-refractivity contribution >= 4 is 23.5 Å². The smallest absolute Gasteiger partial charge is 0.0115 e. The minimum absolute atomic E-state index is 0.993. The summed E-state index contributed by atoms with van der Waals surface area (Å²) >= 11 is 4.05. The van der Waals surface area contributed by atoms with Crippen LogP contribution in [0.2, 0.25) is 0 Å². The Kier molecular flexibility index (Phi) is 9.54. The molecule has 0 aliphatic heterocycles. The van der Waals surface area contributed by atoms with E-state index in [0.29, 0.717) is 0 Å². The van der Waals surface area contributed by atoms with Crippen LogP contribution in [-0.4, -0.2) is 11.5 Å². The molecule has 1 rings (SSSR count). The van der Waals surface area contributed by atoms with E-state index in [0.717, 1.165) is 12.8 Å². The topological polar surface area (TPSA) is 0 Å². The molecule has 0 saturated carbocycles. The summed E-state index contributed by atoms with van der Waals surface area (Å²) in [6.07, 6.45) is 7.28. The molecule has 19 heavy (non-hydrogen) atoms. The molecule has 0 amide bonds. The molecular weight excluding hydrogens is 268 g/mol. The van der Waals surface area contributed by atoms with Crippen LogP contribution >= 0.6 is 23.5 Å². The van der Waals surface area contributed by atoms with Crippen LogP contribution in [0.3, 0.4) is 0 Å². The van der Waals surface area contributed by atoms with Gasteiger partial charge in [-0.2, -0.15) is 0 Å². The molecule has 0 aromatic heterocycles. The summed E-state index contributed by atoms with van der Waals surface area (Å²) in [6.45, 7) is 8.55. The SMILES string of the molecule is [CH2]CCc1c(SCCCC)cccc1SCCCC. The van der Waals surface area contributed by atoms with Crippen LogP contribution in [0.1, 0.15) is 51.5 Å². The Morgan fingerprint density at radius 3 is 1.89 bits per heavy atom. The Labute approximate surface area is 128 Å². The van der Waals surface area contributed by atoms with Gasteiger partial charge in [0.1, 0.15) is 0 Å². The lowest BCUT2D eigenvalue weighted by molar-refractivity contribution is 0.888. The number of hydrogen-bond acceptors (Lipinski definition) is 2. The van der Waals surface area contributed by atoms with Crippen molar-refractivity contribution in [2.75, 3.05) is 11.5 Å². The van der Waals surface area contributed by atoms with Crippen LogP contribution < -0.4 is 0 Å². The largest absolute Gasteiger partial charge is 0.126 e. The first-order valence-electron chi connectivity index (χ1n) is 7.50. The third-order valence-corrected chi connectivity index (χ3v) is 5.40. The van der Waals surface area contributed by atoms with Gasteiger partial charge in [-0.1, -0.05) is 39.7 Å². The van der Waals surface area contributed by atoms with E-state index >= 15 is 0 Å². The zero-order valence-electron chi connectivity index (χ0n) is 12.4. The van der Waals surface area contributed by atoms with Crippen molar-refractivity contribution in [3.63, 3.8) is 0 Å². The van der Waals surface area contributed by atoms with E-state index in [-0.39, 0.29) is 0 Å². The second-order valence-corrected chi connectivity index (χ2v) is 7.01. The Bertz CT molecular complexity index is 319. The first-order valence-corrected chi connectivity index (χ1v) is 9.47. The molecule has 0 aliphatic rings. The van der Waals surface area contributed by atoms with Crippen LogP contribution in [0.25, 0.3) is 0 Å². The molecule has 0 nitrogen and oxygen atoms in total. The average Bonchev–Trinajstić information content (AvgIpc) is 2.42. The van der Waals surface area contributed by atoms with Crippen LogP contribution in [0.5, 0.6) is 0 Å². The summed E-state index contributed by atoms with van der Waals surface area (Å²) in [5, 5.41) is 0. The van der Waals surface area contributed by atoms with Crippen LogP contribution in [0, 0.1) is 6.92 Å². The summed E-state index contributed by atoms with van der Waals surface area (Å²) < 4.78 is 0. The van der Waals surface area contributed by atoms with Gasteiger partial charge < -0.3 is 0 Å². The number of benzene rings is 1. The minimum Gasteiger partial charge on any atom is -0.126 e. The lowest BCUT2D eigenvalue weighted by Crippen LogP contribution is -1.93. The van der Waals surface area contributed by atoms with Gasteiger partial charge in [-0.15, -0.1) is 23.5 Å². The highest BCUT2D eigenvalue weighted by molar-refractivity contribution is 8.00. The van der Waals surface area contributed by atoms with Crippen LogP contribution in [-0.2, 0) is 6.42 Å². The molecule has 107 valence electrons. The summed E-state index contributed by atoms with van der Waals surface area (Å²) in [4.78, 5) is 2.97. The van der Waals surface area contributed by atoms with Crippen molar-refractivity contribution in [3.8, 4) is 0 Å². The standard InChI is InChI=1S/C17H27S2/c1-4-7-13-18-16-11-9-12-17(15(16)10-6-3)19-14-8-5-2/h9,11-12H,3-8,10,13-14H2,1-2H3. The van der Waals surface area contributed by atoms with E-state index in [1.807, 2.05) is 23.5 Å². The maximum Gasteiger partial charge on any atom is 0.0115 e. The van der Waals surface area contributed by atoms with Gasteiger partial charge in [0, 0.05) is 9.79 Å². The van der Waals surface area contributed by atoms with Gasteiger partial charge in [-0.3, -0.25) is 0 Å². The number of rotatable bonds is 10. The van der Waals surface area contributed by atoms with Crippen molar-refractivity contribution in [2.24, 2.45) is 0 Å². The third kappa shape index (κ3) is 6.27. The molecule has 0 bridgehead atoms. The highest BCUT2D eigenvalue weighted by atomic mass is 32.2. The molecule has 0 unspecified atom stereocenters. The molecular formula is C17H27S2. The lowest BCUT2D eigenvalue weighted by atomic mass is 10.1. The van der Waals surface area contributed by atoms with Crippen molar-refractivity contribution in [1.29, 1.82) is 0 Å². The molecule has 1 aromatic carbocycles. The van der Waals surface area contributed by atoms with Gasteiger partial charge in [0.25, 0.3) is 0 Å². The van der Waals surface area contributed by atoms with Gasteiger partial charge in [0.2, 0.25) is 0 Å². The minimum atomic E-state index is 0.993. The second kappa shape index (κ2) is 10.7. The Morgan fingerprint density at radius 2 is 1.47 bits per heavy atom. The maximum absolute atomic E-state index is 4.04. The Hall–Kier alpha value is -0.0800. The second-order valence-electron chi connectivity index (χ2n) is 4.74. The van der Waals surface area contributed by atoms with E-state index in [2.05, 4.69) is 39.0 Å². The molecule has 0 spiro atoms. The normalized spacial score (nSPS) is 10.9. The molecule has 0 fully saturated rings. The van der Waals surface area contributed by atoms with Gasteiger partial charge in [0.05, 0.1) is 0 Å². The highest BCUT2D eigenvalue weighted by Crippen LogP contribution is 2.33. The van der Waals surface area contributed by atoms with Crippen molar-refractivity contribution in [2.45, 2.75) is 62.2 Å². The van der Waals surface area contributed by atoms with Gasteiger partial charge >= 0.3 is 0 Å². The first-order chi connectivity index (χ1) is 9.33. The summed E-state index contributed by atoms with van der Waals surface area (Å²) in [5.74, 6) is 2.48. The molecule has 1 radical (unpaired) electrons. The third-order valence-electron chi connectivity index (χ3n) is 3.03. The predicted molar refractivity (Wildman–Crippen MR) is 91.4 cm³/mol. The Morgan fingerprint density at radius 1 is 0.947 bits per heavy atom. The van der Waals surface area contributed by atoms with E-state index in [4.69, 9.17) is 0 Å². The molecule has 0 atom stereocenters. The average molecular weight is 296 g/mol. The van der Waals surface area contributed by atoms with Gasteiger partial charge in [0.15, 0.2) is 0 Å². The number of thioether (sulfide) groups is 2. The summed E-state index contributed by atoms with van der Waals surface area (Å²) in [6, 6.07) is 6.79. The fourth-order valence-corrected chi connectivity index (χ4v) is 4.38. The van der Waals surface area contributed by atoms with E-state index in [1.165, 1.54) is 47.0 Å². The zero-order chi connectivity index (χ0) is 13.9. The van der Waals surface area contributed by atoms with Crippen LogP contribution in [0.4, 0.5) is 0 Å². The fraction of sp³-hybridized carbons (Fsp3) is 0.588. The monoisotopic (exact) mass is 295 g/mol. The van der Waals surface area contributed by atoms with E-state index in [1.54, 1.807) is 5.56 Å². The van der Waals surface area contributed by atoms with Crippen molar-refractivity contribution < 1.29 is 0 Å². The molecule has 2 heteroatoms. The molecule has 0 heterocycles. The van der Waals surface area contributed by atoms with E-state index < -0.39 is 0 Å². The lowest BCUT2D eigenvalue weighted by Gasteiger charge is -2.13. The number of unbranched alkanes of at least 4 members (excludes halogenated alkanes) is 2. The molecule has 0 N–H and O–H groups in total. The van der Waals surface area contributed by atoms with Crippen molar-refractivity contribution in [1.82, 2.24) is 0 Å². The quantitative estimate of drug-likeness (QED) is 0.370. The molecule has 0 aliphatic carbocycles. The molecule has 0 saturated heterocycles. The summed E-state index contributed by atoms with van der Waals surface area (Å²) in [7, 11) is 0. The predicted octanol–water partition coefficient (Wildman–Crippen LogP) is 6.24. The van der Waals surface area contributed by atoms with Gasteiger partial charge in [-0.25, -0.2) is 0 Å². The Balaban J connectivity index is 2.74. The maximum atomic E-state index is 4.04. The summed E-state index contributed by atoms with van der Waals surface area (Å²) in [5.41, 5.74) is 1.54.